The average molecular weight is 333 g/mol. The Bertz CT molecular complexity index is 752. The molecule has 2 aromatic carbocycles. The number of thioether (sulfide) groups is 1. The summed E-state index contributed by atoms with van der Waals surface area (Å²) < 4.78 is 27.4. The van der Waals surface area contributed by atoms with Crippen molar-refractivity contribution in [2.24, 2.45) is 0 Å². The Morgan fingerprint density at radius 2 is 1.50 bits per heavy atom. The number of hydrogen-bond donors (Lipinski definition) is 0. The third kappa shape index (κ3) is 2.93. The summed E-state index contributed by atoms with van der Waals surface area (Å²) in [6.45, 7) is 4.54. The van der Waals surface area contributed by atoms with Crippen molar-refractivity contribution in [3.63, 3.8) is 0 Å². The second kappa shape index (κ2) is 6.07. The Morgan fingerprint density at radius 3 is 2.09 bits per heavy atom. The maximum atomic E-state index is 12.9. The van der Waals surface area contributed by atoms with Crippen LogP contribution in [0.3, 0.4) is 0 Å². The molecule has 1 aliphatic rings. The molecule has 22 heavy (non-hydrogen) atoms. The summed E-state index contributed by atoms with van der Waals surface area (Å²) in [6.07, 6.45) is 0. The first-order valence-corrected chi connectivity index (χ1v) is 9.74. The SMILES string of the molecule is Cc1ccc([C@@H]2SCCN2S(=O)(=O)c2ccc(C)cc2)cc1. The van der Waals surface area contributed by atoms with Crippen molar-refractivity contribution in [2.75, 3.05) is 12.3 Å². The number of benzene rings is 2. The molecule has 1 atom stereocenters. The van der Waals surface area contributed by atoms with Crippen molar-refractivity contribution in [3.05, 3.63) is 65.2 Å². The van der Waals surface area contributed by atoms with Crippen LogP contribution in [-0.2, 0) is 10.0 Å². The predicted molar refractivity (Wildman–Crippen MR) is 91.4 cm³/mol. The molecule has 5 heteroatoms. The molecule has 0 amide bonds. The normalized spacial score (nSPS) is 19.5. The van der Waals surface area contributed by atoms with Crippen LogP contribution < -0.4 is 0 Å². The van der Waals surface area contributed by atoms with Crippen LogP contribution in [-0.4, -0.2) is 25.0 Å². The fraction of sp³-hybridized carbons (Fsp3) is 0.294. The maximum absolute atomic E-state index is 12.9. The van der Waals surface area contributed by atoms with Gasteiger partial charge in [0, 0.05) is 12.3 Å². The largest absolute Gasteiger partial charge is 0.244 e. The van der Waals surface area contributed by atoms with E-state index in [1.54, 1.807) is 28.2 Å². The lowest BCUT2D eigenvalue weighted by Crippen LogP contribution is -2.30. The van der Waals surface area contributed by atoms with Crippen LogP contribution in [0.25, 0.3) is 0 Å². The van der Waals surface area contributed by atoms with Gasteiger partial charge in [-0.15, -0.1) is 11.8 Å². The Labute approximate surface area is 136 Å². The molecule has 3 rings (SSSR count). The van der Waals surface area contributed by atoms with Gasteiger partial charge in [-0.25, -0.2) is 8.42 Å². The molecular weight excluding hydrogens is 314 g/mol. The second-order valence-corrected chi connectivity index (χ2v) is 8.64. The zero-order valence-corrected chi connectivity index (χ0v) is 14.3. The Kier molecular flexibility index (Phi) is 4.30. The fourth-order valence-electron chi connectivity index (χ4n) is 2.54. The molecule has 0 spiro atoms. The van der Waals surface area contributed by atoms with Gasteiger partial charge in [0.05, 0.1) is 10.3 Å². The zero-order valence-electron chi connectivity index (χ0n) is 12.7. The van der Waals surface area contributed by atoms with Gasteiger partial charge in [0.25, 0.3) is 0 Å². The van der Waals surface area contributed by atoms with Crippen molar-refractivity contribution in [1.82, 2.24) is 4.31 Å². The minimum atomic E-state index is -3.45. The van der Waals surface area contributed by atoms with Gasteiger partial charge in [0.15, 0.2) is 0 Å². The van der Waals surface area contributed by atoms with Gasteiger partial charge in [0.1, 0.15) is 0 Å². The lowest BCUT2D eigenvalue weighted by atomic mass is 10.1. The molecule has 0 saturated carbocycles. The summed E-state index contributed by atoms with van der Waals surface area (Å²) in [6, 6.07) is 15.2. The van der Waals surface area contributed by atoms with Crippen LogP contribution in [0.15, 0.2) is 53.4 Å². The van der Waals surface area contributed by atoms with Crippen LogP contribution >= 0.6 is 11.8 Å². The van der Waals surface area contributed by atoms with Crippen molar-refractivity contribution in [3.8, 4) is 0 Å². The number of rotatable bonds is 3. The van der Waals surface area contributed by atoms with Crippen molar-refractivity contribution in [2.45, 2.75) is 24.1 Å². The first-order valence-electron chi connectivity index (χ1n) is 7.25. The third-order valence-electron chi connectivity index (χ3n) is 3.84. The van der Waals surface area contributed by atoms with E-state index in [0.717, 1.165) is 16.9 Å². The van der Waals surface area contributed by atoms with E-state index >= 15 is 0 Å². The second-order valence-electron chi connectivity index (χ2n) is 5.56. The highest BCUT2D eigenvalue weighted by atomic mass is 32.2. The molecule has 1 heterocycles. The number of aryl methyl sites for hydroxylation is 2. The molecule has 0 aromatic heterocycles. The summed E-state index contributed by atoms with van der Waals surface area (Å²) in [7, 11) is -3.45. The molecule has 0 N–H and O–H groups in total. The van der Waals surface area contributed by atoms with Gasteiger partial charge in [-0.3, -0.25) is 0 Å². The van der Waals surface area contributed by atoms with Gasteiger partial charge in [-0.1, -0.05) is 47.5 Å². The van der Waals surface area contributed by atoms with Gasteiger partial charge >= 0.3 is 0 Å². The highest BCUT2D eigenvalue weighted by Crippen LogP contribution is 2.41. The maximum Gasteiger partial charge on any atom is 0.244 e. The summed E-state index contributed by atoms with van der Waals surface area (Å²) in [5.41, 5.74) is 3.29. The lowest BCUT2D eigenvalue weighted by molar-refractivity contribution is 0.434. The molecule has 3 nitrogen and oxygen atoms in total. The quantitative estimate of drug-likeness (QED) is 0.859. The molecule has 0 unspecified atom stereocenters. The molecule has 1 saturated heterocycles. The predicted octanol–water partition coefficient (Wildman–Crippen LogP) is 3.74. The van der Waals surface area contributed by atoms with E-state index in [9.17, 15) is 8.42 Å². The molecule has 1 fully saturated rings. The first kappa shape index (κ1) is 15.6. The fourth-order valence-corrected chi connectivity index (χ4v) is 5.78. The van der Waals surface area contributed by atoms with Crippen LogP contribution in [0.5, 0.6) is 0 Å². The zero-order chi connectivity index (χ0) is 15.7. The van der Waals surface area contributed by atoms with Crippen LogP contribution in [0.2, 0.25) is 0 Å². The minimum Gasteiger partial charge on any atom is -0.207 e. The topological polar surface area (TPSA) is 37.4 Å². The van der Waals surface area contributed by atoms with E-state index in [0.29, 0.717) is 11.4 Å². The Hall–Kier alpha value is -1.30. The smallest absolute Gasteiger partial charge is 0.207 e. The van der Waals surface area contributed by atoms with Gasteiger partial charge in [-0.2, -0.15) is 4.31 Å². The number of sulfonamides is 1. The van der Waals surface area contributed by atoms with Crippen LogP contribution in [0.1, 0.15) is 22.1 Å². The van der Waals surface area contributed by atoms with Gasteiger partial charge in [0.2, 0.25) is 10.0 Å². The van der Waals surface area contributed by atoms with E-state index in [2.05, 4.69) is 0 Å². The van der Waals surface area contributed by atoms with Gasteiger partial charge in [-0.05, 0) is 31.5 Å². The monoisotopic (exact) mass is 333 g/mol. The summed E-state index contributed by atoms with van der Waals surface area (Å²) >= 11 is 1.68. The first-order chi connectivity index (χ1) is 10.5. The molecular formula is C17H19NO2S2. The summed E-state index contributed by atoms with van der Waals surface area (Å²) in [5.74, 6) is 0.823. The molecule has 1 aliphatic heterocycles. The minimum absolute atomic E-state index is 0.132. The van der Waals surface area contributed by atoms with Crippen molar-refractivity contribution < 1.29 is 8.42 Å². The van der Waals surface area contributed by atoms with Crippen LogP contribution in [0.4, 0.5) is 0 Å². The molecule has 0 bridgehead atoms. The molecule has 0 aliphatic carbocycles. The van der Waals surface area contributed by atoms with E-state index in [1.165, 1.54) is 5.56 Å². The van der Waals surface area contributed by atoms with E-state index in [4.69, 9.17) is 0 Å². The summed E-state index contributed by atoms with van der Waals surface area (Å²) in [5, 5.41) is -0.132. The third-order valence-corrected chi connectivity index (χ3v) is 7.11. The highest BCUT2D eigenvalue weighted by molar-refractivity contribution is 8.01. The lowest BCUT2D eigenvalue weighted by Gasteiger charge is -2.23. The molecule has 116 valence electrons. The average Bonchev–Trinajstić information content (AvgIpc) is 2.99. The highest BCUT2D eigenvalue weighted by Gasteiger charge is 2.36. The molecule has 2 aromatic rings. The van der Waals surface area contributed by atoms with Gasteiger partial charge < -0.3 is 0 Å². The Morgan fingerprint density at radius 1 is 0.955 bits per heavy atom. The standard InChI is InChI=1S/C17H19NO2S2/c1-13-3-7-15(8-4-13)17-18(11-12-21-17)22(19,20)16-9-5-14(2)6-10-16/h3-10,17H,11-12H2,1-2H3/t17-/m0/s1. The van der Waals surface area contributed by atoms with Crippen molar-refractivity contribution in [1.29, 1.82) is 0 Å². The van der Waals surface area contributed by atoms with E-state index in [1.807, 2.05) is 50.2 Å². The van der Waals surface area contributed by atoms with Crippen LogP contribution in [0, 0.1) is 13.8 Å². The van der Waals surface area contributed by atoms with E-state index < -0.39 is 10.0 Å². The van der Waals surface area contributed by atoms with Crippen molar-refractivity contribution >= 4 is 21.8 Å². The number of nitrogens with zero attached hydrogens (tertiary/aromatic N) is 1. The Balaban J connectivity index is 1.95. The molecule has 0 radical (unpaired) electrons. The van der Waals surface area contributed by atoms with E-state index in [-0.39, 0.29) is 5.37 Å². The number of hydrogen-bond acceptors (Lipinski definition) is 3. The summed E-state index contributed by atoms with van der Waals surface area (Å²) in [4.78, 5) is 0.373.